The normalized spacial score (nSPS) is 14.2. The fourth-order valence-corrected chi connectivity index (χ4v) is 5.55. The number of nitrogens with zero attached hydrogens (tertiary/aromatic N) is 1. The van der Waals surface area contributed by atoms with Crippen molar-refractivity contribution in [1.29, 1.82) is 0 Å². The highest BCUT2D eigenvalue weighted by Gasteiger charge is 2.38. The van der Waals surface area contributed by atoms with Gasteiger partial charge in [0.25, 0.3) is 11.8 Å². The number of rotatable bonds is 18. The summed E-state index contributed by atoms with van der Waals surface area (Å²) in [5.41, 5.74) is 9.25. The highest BCUT2D eigenvalue weighted by atomic mass is 19.4. The molecule has 5 rings (SSSR count). The Morgan fingerprint density at radius 2 is 1.36 bits per heavy atom. The molecule has 0 radical (unpaired) electrons. The number of hydroxylamine groups is 2. The Kier molecular flexibility index (Phi) is 17.7. The molecule has 314 valence electrons. The van der Waals surface area contributed by atoms with E-state index in [-0.39, 0.29) is 44.5 Å². The molecular formula is C42H46F3N5O9. The Labute approximate surface area is 338 Å². The lowest BCUT2D eigenvalue weighted by Crippen LogP contribution is -2.54. The number of amides is 4. The first-order valence-electron chi connectivity index (χ1n) is 18.7. The smallest absolute Gasteiger partial charge is 0.485 e. The van der Waals surface area contributed by atoms with E-state index in [0.29, 0.717) is 49.5 Å². The fraction of sp³-hybridized carbons (Fsp3) is 0.310. The minimum atomic E-state index is -5.08. The molecule has 6 N–H and O–H groups in total. The second-order valence-corrected chi connectivity index (χ2v) is 13.2. The first-order chi connectivity index (χ1) is 28.3. The molecule has 14 nitrogen and oxygen atoms in total. The summed E-state index contributed by atoms with van der Waals surface area (Å²) in [7, 11) is 0. The molecule has 0 aliphatic carbocycles. The van der Waals surface area contributed by atoms with Gasteiger partial charge in [-0.25, -0.2) is 9.86 Å². The number of para-hydroxylation sites is 1. The number of nitrogens with one attached hydrogen (secondary N) is 3. The van der Waals surface area contributed by atoms with E-state index in [4.69, 9.17) is 29.9 Å². The van der Waals surface area contributed by atoms with Crippen LogP contribution in [-0.4, -0.2) is 77.7 Å². The van der Waals surface area contributed by atoms with E-state index in [2.05, 4.69) is 16.0 Å². The van der Waals surface area contributed by atoms with Crippen LogP contribution in [-0.2, 0) is 43.8 Å². The number of carboxylic acids is 1. The van der Waals surface area contributed by atoms with Gasteiger partial charge >= 0.3 is 12.1 Å². The van der Waals surface area contributed by atoms with Gasteiger partial charge in [-0.2, -0.15) is 13.2 Å². The van der Waals surface area contributed by atoms with Crippen LogP contribution in [0.5, 0.6) is 11.5 Å². The number of carbonyl (C=O) groups excluding carboxylic acids is 4. The van der Waals surface area contributed by atoms with E-state index >= 15 is 0 Å². The van der Waals surface area contributed by atoms with Crippen molar-refractivity contribution in [1.82, 2.24) is 21.0 Å². The molecule has 1 fully saturated rings. The van der Waals surface area contributed by atoms with Crippen LogP contribution in [0.15, 0.2) is 109 Å². The molecule has 1 aliphatic rings. The van der Waals surface area contributed by atoms with Crippen LogP contribution in [0.4, 0.5) is 13.2 Å². The van der Waals surface area contributed by atoms with Crippen molar-refractivity contribution in [2.75, 3.05) is 19.6 Å². The number of hydrogen-bond donors (Lipinski definition) is 5. The summed E-state index contributed by atoms with van der Waals surface area (Å²) in [5, 5.41) is 16.5. The molecule has 0 saturated carbocycles. The molecule has 1 aliphatic heterocycles. The zero-order chi connectivity index (χ0) is 42.6. The highest BCUT2D eigenvalue weighted by Crippen LogP contribution is 2.33. The molecule has 17 heteroatoms. The van der Waals surface area contributed by atoms with Gasteiger partial charge in [-0.1, -0.05) is 97.1 Å². The zero-order valence-electron chi connectivity index (χ0n) is 32.0. The van der Waals surface area contributed by atoms with E-state index in [1.807, 2.05) is 91.0 Å². The van der Waals surface area contributed by atoms with Gasteiger partial charge < -0.3 is 36.3 Å². The molecule has 4 aromatic carbocycles. The van der Waals surface area contributed by atoms with E-state index in [0.717, 1.165) is 16.7 Å². The van der Waals surface area contributed by atoms with Crippen molar-refractivity contribution in [2.45, 2.75) is 63.8 Å². The number of carbonyl (C=O) groups is 5. The van der Waals surface area contributed by atoms with E-state index in [1.165, 1.54) is 5.06 Å². The second kappa shape index (κ2) is 23.1. The van der Waals surface area contributed by atoms with Crippen molar-refractivity contribution in [2.24, 2.45) is 5.73 Å². The number of halogens is 3. The molecule has 0 aromatic heterocycles. The Hall–Kier alpha value is -6.46. The molecule has 0 unspecified atom stereocenters. The molecule has 59 heavy (non-hydrogen) atoms. The van der Waals surface area contributed by atoms with Gasteiger partial charge in [0.1, 0.15) is 25.9 Å². The summed E-state index contributed by atoms with van der Waals surface area (Å²) >= 11 is 0. The summed E-state index contributed by atoms with van der Waals surface area (Å²) in [6.45, 7) is 1.14. The second-order valence-electron chi connectivity index (χ2n) is 13.2. The maximum Gasteiger partial charge on any atom is 0.490 e. The number of aliphatic carboxylic acids is 1. The van der Waals surface area contributed by atoms with Crippen LogP contribution in [0.1, 0.15) is 52.7 Å². The third-order valence-corrected chi connectivity index (χ3v) is 8.63. The minimum Gasteiger partial charge on any atom is -0.485 e. The van der Waals surface area contributed by atoms with Crippen LogP contribution < -0.4 is 31.2 Å². The predicted octanol–water partition coefficient (Wildman–Crippen LogP) is 4.67. The third kappa shape index (κ3) is 15.4. The quantitative estimate of drug-likeness (QED) is 0.0880. The SMILES string of the molecule is N[C@H](CCCNC(=O)c1cccc(OCc2ccccc2)c1OCc1ccccc1)C(=O)NCC(=O)N[C@H]1CCCN(OCc2ccccc2)C1=O.O=C(O)C(F)(F)F. The number of benzene rings is 4. The number of ether oxygens (including phenoxy) is 2. The maximum atomic E-state index is 13.3. The number of alkyl halides is 3. The van der Waals surface area contributed by atoms with Crippen LogP contribution in [0.25, 0.3) is 0 Å². The number of hydrogen-bond acceptors (Lipinski definition) is 9. The number of nitrogens with two attached hydrogens (primary N) is 1. The van der Waals surface area contributed by atoms with Crippen LogP contribution in [0.2, 0.25) is 0 Å². The maximum absolute atomic E-state index is 13.3. The molecule has 1 heterocycles. The lowest BCUT2D eigenvalue weighted by molar-refractivity contribution is -0.199. The first-order valence-corrected chi connectivity index (χ1v) is 18.7. The van der Waals surface area contributed by atoms with E-state index in [1.54, 1.807) is 18.2 Å². The van der Waals surface area contributed by atoms with E-state index < -0.39 is 36.0 Å². The van der Waals surface area contributed by atoms with Crippen LogP contribution >= 0.6 is 0 Å². The van der Waals surface area contributed by atoms with Crippen molar-refractivity contribution in [3.63, 3.8) is 0 Å². The molecular weight excluding hydrogens is 775 g/mol. The largest absolute Gasteiger partial charge is 0.490 e. The Bertz CT molecular complexity index is 1970. The van der Waals surface area contributed by atoms with Gasteiger partial charge in [-0.05, 0) is 54.5 Å². The summed E-state index contributed by atoms with van der Waals surface area (Å²) in [6, 6.07) is 32.4. The van der Waals surface area contributed by atoms with Crippen molar-refractivity contribution in [3.8, 4) is 11.5 Å². The Morgan fingerprint density at radius 3 is 1.93 bits per heavy atom. The standard InChI is InChI=1S/C40H45N5O7.C2HF3O2/c41-33(39(48)43-25-36(46)44-34-21-12-24-45(40(34)49)52-28-31-17-8-3-9-18-31)20-11-23-42-38(47)32-19-10-22-35(50-26-29-13-4-1-5-14-29)37(32)51-27-30-15-6-2-7-16-30;3-2(4,5)1(6)7/h1-10,13-19,22,33-34H,11-12,20-21,23-28,41H2,(H,42,47)(H,43,48)(H,44,46);(H,6,7)/t33-,34+;/m1./s1. The summed E-state index contributed by atoms with van der Waals surface area (Å²) in [4.78, 5) is 66.0. The molecule has 0 bridgehead atoms. The fourth-order valence-electron chi connectivity index (χ4n) is 5.55. The lowest BCUT2D eigenvalue weighted by atomic mass is 10.1. The van der Waals surface area contributed by atoms with Gasteiger partial charge in [-0.15, -0.1) is 0 Å². The minimum absolute atomic E-state index is 0.242. The van der Waals surface area contributed by atoms with Crippen LogP contribution in [0.3, 0.4) is 0 Å². The lowest BCUT2D eigenvalue weighted by Gasteiger charge is -2.31. The Balaban J connectivity index is 0.00000101. The van der Waals surface area contributed by atoms with Crippen molar-refractivity contribution in [3.05, 3.63) is 131 Å². The Morgan fingerprint density at radius 1 is 0.797 bits per heavy atom. The predicted molar refractivity (Wildman–Crippen MR) is 208 cm³/mol. The number of piperidine rings is 1. The summed E-state index contributed by atoms with van der Waals surface area (Å²) < 4.78 is 44.0. The molecule has 2 atom stereocenters. The van der Waals surface area contributed by atoms with E-state index in [9.17, 15) is 32.3 Å². The third-order valence-electron chi connectivity index (χ3n) is 8.63. The monoisotopic (exact) mass is 821 g/mol. The van der Waals surface area contributed by atoms with Gasteiger partial charge in [0.15, 0.2) is 11.5 Å². The van der Waals surface area contributed by atoms with Gasteiger partial charge in [-0.3, -0.25) is 24.0 Å². The molecule has 1 saturated heterocycles. The summed E-state index contributed by atoms with van der Waals surface area (Å²) in [6.07, 6.45) is -3.28. The average molecular weight is 822 g/mol. The average Bonchev–Trinajstić information content (AvgIpc) is 3.24. The van der Waals surface area contributed by atoms with Crippen LogP contribution in [0, 0.1) is 0 Å². The van der Waals surface area contributed by atoms with Crippen molar-refractivity contribution < 1.29 is 56.6 Å². The highest BCUT2D eigenvalue weighted by molar-refractivity contribution is 5.97. The molecule has 4 amide bonds. The van der Waals surface area contributed by atoms with Gasteiger partial charge in [0, 0.05) is 13.1 Å². The zero-order valence-corrected chi connectivity index (χ0v) is 32.0. The van der Waals surface area contributed by atoms with Crippen molar-refractivity contribution >= 4 is 29.6 Å². The summed E-state index contributed by atoms with van der Waals surface area (Å²) in [5.74, 6) is -3.69. The number of carboxylic acid groups (broad SMARTS) is 1. The topological polar surface area (TPSA) is 199 Å². The molecule has 0 spiro atoms. The van der Waals surface area contributed by atoms with Gasteiger partial charge in [0.2, 0.25) is 11.8 Å². The first kappa shape index (κ1) is 45.2. The van der Waals surface area contributed by atoms with Gasteiger partial charge in [0.05, 0.1) is 18.2 Å². The molecule has 4 aromatic rings.